The summed E-state index contributed by atoms with van der Waals surface area (Å²) in [5.74, 6) is 1.82. The van der Waals surface area contributed by atoms with Crippen LogP contribution in [0.2, 0.25) is 0 Å². The fraction of sp³-hybridized carbons (Fsp3) is 0.550. The molecule has 0 N–H and O–H groups in total. The van der Waals surface area contributed by atoms with Crippen molar-refractivity contribution in [2.75, 3.05) is 49.1 Å². The lowest BCUT2D eigenvalue weighted by Crippen LogP contribution is -2.47. The Morgan fingerprint density at radius 2 is 1.52 bits per heavy atom. The molecular weight excluding hydrogens is 368 g/mol. The Balaban J connectivity index is 1.35. The fourth-order valence-electron chi connectivity index (χ4n) is 4.16. The number of nitrogens with zero attached hydrogens (tertiary/aromatic N) is 8. The number of hydrogen-bond acceptors (Lipinski definition) is 9. The van der Waals surface area contributed by atoms with Crippen LogP contribution in [-0.2, 0) is 6.54 Å². The highest BCUT2D eigenvalue weighted by Crippen LogP contribution is 2.30. The van der Waals surface area contributed by atoms with Gasteiger partial charge >= 0.3 is 0 Å². The van der Waals surface area contributed by atoms with Crippen LogP contribution in [0.5, 0.6) is 0 Å². The molecule has 2 aliphatic rings. The molecule has 0 aliphatic carbocycles. The first kappa shape index (κ1) is 18.2. The molecule has 0 spiro atoms. The average molecular weight is 394 g/mol. The third kappa shape index (κ3) is 3.74. The van der Waals surface area contributed by atoms with Crippen molar-refractivity contribution >= 4 is 22.9 Å². The molecule has 0 amide bonds. The normalized spacial score (nSPS) is 18.5. The number of piperazine rings is 1. The molecule has 3 aromatic heterocycles. The lowest BCUT2D eigenvalue weighted by atomic mass is 10.1. The molecule has 0 unspecified atom stereocenters. The van der Waals surface area contributed by atoms with Crippen LogP contribution < -0.4 is 9.80 Å². The number of pyridine rings is 1. The summed E-state index contributed by atoms with van der Waals surface area (Å²) in [7, 11) is 0. The summed E-state index contributed by atoms with van der Waals surface area (Å²) in [5.41, 5.74) is 3.37. The Hall–Kier alpha value is -2.81. The molecule has 0 atom stereocenters. The number of hydrogen-bond donors (Lipinski definition) is 0. The van der Waals surface area contributed by atoms with Crippen molar-refractivity contribution in [1.29, 1.82) is 0 Å². The maximum atomic E-state index is 4.87. The standard InChI is InChI=1S/C20H26N8O/c1-15-6-5-7-21-16(15)14-26-10-12-28(13-11-26)20-19(27-8-3-2-4-9-27)22-17-18(23-20)25-29-24-17/h5-7H,2-4,8-14H2,1H3. The van der Waals surface area contributed by atoms with Gasteiger partial charge in [0.15, 0.2) is 11.6 Å². The first-order chi connectivity index (χ1) is 14.3. The molecule has 2 aliphatic heterocycles. The predicted molar refractivity (Wildman–Crippen MR) is 110 cm³/mol. The third-order valence-corrected chi connectivity index (χ3v) is 5.90. The minimum Gasteiger partial charge on any atom is -0.353 e. The van der Waals surface area contributed by atoms with Crippen LogP contribution in [0.1, 0.15) is 30.5 Å². The molecule has 2 saturated heterocycles. The van der Waals surface area contributed by atoms with Gasteiger partial charge in [0, 0.05) is 52.0 Å². The van der Waals surface area contributed by atoms with E-state index < -0.39 is 0 Å². The molecule has 9 heteroatoms. The second-order valence-corrected chi connectivity index (χ2v) is 7.86. The smallest absolute Gasteiger partial charge is 0.245 e. The molecule has 0 radical (unpaired) electrons. The molecule has 9 nitrogen and oxygen atoms in total. The fourth-order valence-corrected chi connectivity index (χ4v) is 4.16. The van der Waals surface area contributed by atoms with Crippen LogP contribution in [0.25, 0.3) is 11.3 Å². The highest BCUT2D eigenvalue weighted by Gasteiger charge is 2.26. The topological polar surface area (TPSA) is 87.3 Å². The van der Waals surface area contributed by atoms with E-state index in [0.717, 1.165) is 63.1 Å². The number of aryl methyl sites for hydroxylation is 1. The predicted octanol–water partition coefficient (Wildman–Crippen LogP) is 2.03. The number of aromatic nitrogens is 5. The van der Waals surface area contributed by atoms with E-state index in [1.807, 2.05) is 12.3 Å². The maximum absolute atomic E-state index is 4.87. The van der Waals surface area contributed by atoms with Gasteiger partial charge in [0.1, 0.15) is 0 Å². The van der Waals surface area contributed by atoms with Crippen LogP contribution in [0.3, 0.4) is 0 Å². The van der Waals surface area contributed by atoms with Crippen molar-refractivity contribution in [3.05, 3.63) is 29.6 Å². The van der Waals surface area contributed by atoms with Crippen LogP contribution in [0.4, 0.5) is 11.6 Å². The molecule has 5 heterocycles. The zero-order chi connectivity index (χ0) is 19.6. The minimum absolute atomic E-state index is 0.479. The molecule has 29 heavy (non-hydrogen) atoms. The van der Waals surface area contributed by atoms with Gasteiger partial charge in [-0.05, 0) is 48.1 Å². The summed E-state index contributed by atoms with van der Waals surface area (Å²) in [6, 6.07) is 4.12. The first-order valence-electron chi connectivity index (χ1n) is 10.4. The van der Waals surface area contributed by atoms with E-state index in [-0.39, 0.29) is 0 Å². The second-order valence-electron chi connectivity index (χ2n) is 7.86. The molecule has 0 saturated carbocycles. The summed E-state index contributed by atoms with van der Waals surface area (Å²) < 4.78 is 4.87. The molecule has 0 aromatic carbocycles. The van der Waals surface area contributed by atoms with Crippen molar-refractivity contribution in [1.82, 2.24) is 30.2 Å². The van der Waals surface area contributed by atoms with Crippen molar-refractivity contribution in [2.24, 2.45) is 0 Å². The summed E-state index contributed by atoms with van der Waals surface area (Å²) in [5, 5.41) is 7.82. The molecule has 5 rings (SSSR count). The Bertz CT molecular complexity index is 976. The van der Waals surface area contributed by atoms with Crippen molar-refractivity contribution < 1.29 is 4.63 Å². The number of rotatable bonds is 4. The van der Waals surface area contributed by atoms with Gasteiger partial charge in [0.2, 0.25) is 11.3 Å². The maximum Gasteiger partial charge on any atom is 0.245 e. The van der Waals surface area contributed by atoms with E-state index in [1.54, 1.807) is 0 Å². The van der Waals surface area contributed by atoms with Crippen LogP contribution >= 0.6 is 0 Å². The van der Waals surface area contributed by atoms with Gasteiger partial charge in [-0.1, -0.05) is 6.07 Å². The SMILES string of the molecule is Cc1cccnc1CN1CCN(c2nc3nonc3nc2N2CCCCC2)CC1. The minimum atomic E-state index is 0.479. The van der Waals surface area contributed by atoms with Gasteiger partial charge in [-0.15, -0.1) is 0 Å². The van der Waals surface area contributed by atoms with Gasteiger partial charge in [-0.25, -0.2) is 14.6 Å². The Labute approximate surface area is 169 Å². The summed E-state index contributed by atoms with van der Waals surface area (Å²) in [6.45, 7) is 8.77. The van der Waals surface area contributed by atoms with Crippen molar-refractivity contribution in [3.63, 3.8) is 0 Å². The number of piperidine rings is 1. The highest BCUT2D eigenvalue weighted by molar-refractivity contribution is 5.74. The second kappa shape index (κ2) is 7.90. The molecule has 0 bridgehead atoms. The third-order valence-electron chi connectivity index (χ3n) is 5.90. The van der Waals surface area contributed by atoms with Crippen molar-refractivity contribution in [2.45, 2.75) is 32.7 Å². The molecule has 3 aromatic rings. The zero-order valence-electron chi connectivity index (χ0n) is 16.8. The quantitative estimate of drug-likeness (QED) is 0.659. The van der Waals surface area contributed by atoms with Crippen LogP contribution in [-0.4, -0.2) is 69.4 Å². The Morgan fingerprint density at radius 1 is 0.862 bits per heavy atom. The lowest BCUT2D eigenvalue weighted by Gasteiger charge is -2.37. The summed E-state index contributed by atoms with van der Waals surface area (Å²) in [4.78, 5) is 21.2. The van der Waals surface area contributed by atoms with Gasteiger partial charge in [-0.2, -0.15) is 0 Å². The van der Waals surface area contributed by atoms with Crippen LogP contribution in [0, 0.1) is 6.92 Å². The van der Waals surface area contributed by atoms with Gasteiger partial charge < -0.3 is 9.80 Å². The number of fused-ring (bicyclic) bond motifs is 1. The van der Waals surface area contributed by atoms with E-state index in [4.69, 9.17) is 14.6 Å². The average Bonchev–Trinajstić information content (AvgIpc) is 3.23. The van der Waals surface area contributed by atoms with E-state index in [0.29, 0.717) is 11.3 Å². The van der Waals surface area contributed by atoms with Crippen LogP contribution in [0.15, 0.2) is 23.0 Å². The summed E-state index contributed by atoms with van der Waals surface area (Å²) >= 11 is 0. The van der Waals surface area contributed by atoms with Gasteiger partial charge in [0.25, 0.3) is 0 Å². The summed E-state index contributed by atoms with van der Waals surface area (Å²) in [6.07, 6.45) is 5.53. The zero-order valence-corrected chi connectivity index (χ0v) is 16.8. The van der Waals surface area contributed by atoms with Crippen molar-refractivity contribution in [3.8, 4) is 0 Å². The molecule has 2 fully saturated rings. The molecule has 152 valence electrons. The lowest BCUT2D eigenvalue weighted by molar-refractivity contribution is 0.246. The largest absolute Gasteiger partial charge is 0.353 e. The van der Waals surface area contributed by atoms with Gasteiger partial charge in [-0.3, -0.25) is 9.88 Å². The Kier molecular flexibility index (Phi) is 4.97. The van der Waals surface area contributed by atoms with Gasteiger partial charge in [0.05, 0.1) is 5.69 Å². The number of anilines is 2. The van der Waals surface area contributed by atoms with E-state index in [1.165, 1.54) is 24.8 Å². The Morgan fingerprint density at radius 3 is 2.17 bits per heavy atom. The monoisotopic (exact) mass is 394 g/mol. The van der Waals surface area contributed by atoms with E-state index >= 15 is 0 Å². The first-order valence-corrected chi connectivity index (χ1v) is 10.4. The van der Waals surface area contributed by atoms with E-state index in [9.17, 15) is 0 Å². The molecular formula is C20H26N8O. The highest BCUT2D eigenvalue weighted by atomic mass is 16.6. The van der Waals surface area contributed by atoms with E-state index in [2.05, 4.69) is 43.0 Å².